The highest BCUT2D eigenvalue weighted by Gasteiger charge is 2.31. The smallest absolute Gasteiger partial charge is 0.406 e. The highest BCUT2D eigenvalue weighted by molar-refractivity contribution is 6.04. The summed E-state index contributed by atoms with van der Waals surface area (Å²) in [5.41, 5.74) is 9.89. The number of alkyl halides is 3. The van der Waals surface area contributed by atoms with Crippen molar-refractivity contribution in [3.63, 3.8) is 0 Å². The number of nitrogen functional groups attached to an aromatic ring is 1. The highest BCUT2D eigenvalue weighted by atomic mass is 19.4. The normalized spacial score (nSPS) is 11.4. The van der Waals surface area contributed by atoms with Gasteiger partial charge in [-0.05, 0) is 72.1 Å². The van der Waals surface area contributed by atoms with E-state index in [9.17, 15) is 18.0 Å². The SMILES string of the molecule is Cc1ccc(NC(=O)c2ccc(OC(F)(F)F)cc2)cc1-c1ccc2nc(N)ncc2c1. The van der Waals surface area contributed by atoms with E-state index in [-0.39, 0.29) is 11.5 Å². The van der Waals surface area contributed by atoms with Crippen molar-refractivity contribution < 1.29 is 22.7 Å². The number of benzene rings is 3. The molecule has 0 aliphatic heterocycles. The predicted octanol–water partition coefficient (Wildman–Crippen LogP) is 5.34. The van der Waals surface area contributed by atoms with Gasteiger partial charge >= 0.3 is 6.36 Å². The lowest BCUT2D eigenvalue weighted by Gasteiger charge is -2.12. The molecule has 1 heterocycles. The summed E-state index contributed by atoms with van der Waals surface area (Å²) in [4.78, 5) is 20.8. The fraction of sp³-hybridized carbons (Fsp3) is 0.0870. The lowest BCUT2D eigenvalue weighted by atomic mass is 9.98. The molecule has 0 saturated heterocycles. The molecule has 32 heavy (non-hydrogen) atoms. The zero-order chi connectivity index (χ0) is 22.9. The number of amides is 1. The van der Waals surface area contributed by atoms with Crippen LogP contribution in [-0.4, -0.2) is 22.2 Å². The van der Waals surface area contributed by atoms with Crippen LogP contribution >= 0.6 is 0 Å². The summed E-state index contributed by atoms with van der Waals surface area (Å²) in [7, 11) is 0. The molecule has 1 amide bonds. The van der Waals surface area contributed by atoms with E-state index >= 15 is 0 Å². The number of carbonyl (C=O) groups is 1. The Balaban J connectivity index is 1.56. The van der Waals surface area contributed by atoms with Gasteiger partial charge in [-0.15, -0.1) is 13.2 Å². The summed E-state index contributed by atoms with van der Waals surface area (Å²) in [6, 6.07) is 15.8. The first kappa shape index (κ1) is 21.1. The number of anilines is 2. The Morgan fingerprint density at radius 2 is 1.78 bits per heavy atom. The maximum absolute atomic E-state index is 12.5. The van der Waals surface area contributed by atoms with E-state index < -0.39 is 18.0 Å². The van der Waals surface area contributed by atoms with E-state index in [2.05, 4.69) is 20.0 Å². The van der Waals surface area contributed by atoms with Gasteiger partial charge in [-0.2, -0.15) is 0 Å². The molecule has 0 aliphatic carbocycles. The number of carbonyl (C=O) groups excluding carboxylic acids is 1. The molecule has 1 aromatic heterocycles. The monoisotopic (exact) mass is 438 g/mol. The van der Waals surface area contributed by atoms with Crippen LogP contribution in [0.15, 0.2) is 66.9 Å². The molecule has 4 rings (SSSR count). The Bertz CT molecular complexity index is 1310. The quantitative estimate of drug-likeness (QED) is 0.449. The Labute approximate surface area is 180 Å². The van der Waals surface area contributed by atoms with Crippen LogP contribution in [0.25, 0.3) is 22.0 Å². The topological polar surface area (TPSA) is 90.1 Å². The molecule has 0 bridgehead atoms. The number of halogens is 3. The van der Waals surface area contributed by atoms with Gasteiger partial charge in [0, 0.05) is 22.8 Å². The number of nitrogens with zero attached hydrogens (tertiary/aromatic N) is 2. The average molecular weight is 438 g/mol. The summed E-state index contributed by atoms with van der Waals surface area (Å²) in [6.45, 7) is 1.95. The van der Waals surface area contributed by atoms with Gasteiger partial charge in [-0.25, -0.2) is 9.97 Å². The number of nitrogens with one attached hydrogen (secondary N) is 1. The molecular weight excluding hydrogens is 421 g/mol. The van der Waals surface area contributed by atoms with Crippen LogP contribution in [0, 0.1) is 6.92 Å². The van der Waals surface area contributed by atoms with E-state index in [1.807, 2.05) is 37.3 Å². The molecule has 3 N–H and O–H groups in total. The predicted molar refractivity (Wildman–Crippen MR) is 115 cm³/mol. The van der Waals surface area contributed by atoms with E-state index in [1.165, 1.54) is 12.1 Å². The molecule has 0 atom stereocenters. The van der Waals surface area contributed by atoms with Gasteiger partial charge in [0.2, 0.25) is 5.95 Å². The Hall–Kier alpha value is -4.14. The molecule has 0 aliphatic rings. The van der Waals surface area contributed by atoms with Crippen LogP contribution in [-0.2, 0) is 0 Å². The molecule has 3 aromatic carbocycles. The summed E-state index contributed by atoms with van der Waals surface area (Å²) < 4.78 is 40.7. The van der Waals surface area contributed by atoms with Gasteiger partial charge in [0.15, 0.2) is 0 Å². The number of ether oxygens (including phenoxy) is 1. The van der Waals surface area contributed by atoms with Gasteiger partial charge in [-0.1, -0.05) is 12.1 Å². The minimum atomic E-state index is -4.79. The number of aromatic nitrogens is 2. The van der Waals surface area contributed by atoms with Crippen molar-refractivity contribution in [1.29, 1.82) is 0 Å². The van der Waals surface area contributed by atoms with Gasteiger partial charge in [0.25, 0.3) is 5.91 Å². The van der Waals surface area contributed by atoms with Crippen molar-refractivity contribution in [3.05, 3.63) is 78.0 Å². The number of hydrogen-bond acceptors (Lipinski definition) is 5. The molecule has 162 valence electrons. The number of fused-ring (bicyclic) bond motifs is 1. The molecule has 0 radical (unpaired) electrons. The van der Waals surface area contributed by atoms with Crippen molar-refractivity contribution in [3.8, 4) is 16.9 Å². The Kier molecular flexibility index (Phi) is 5.40. The molecule has 0 fully saturated rings. The largest absolute Gasteiger partial charge is 0.573 e. The standard InChI is InChI=1S/C23H17F3N4O2/c1-13-2-6-17(29-21(31)14-3-7-18(8-4-14)32-23(24,25)26)11-19(13)15-5-9-20-16(10-15)12-28-22(27)30-20/h2-12H,1H3,(H,29,31)(H2,27,28,30). The first-order valence-corrected chi connectivity index (χ1v) is 9.48. The zero-order valence-electron chi connectivity index (χ0n) is 16.8. The van der Waals surface area contributed by atoms with E-state index in [0.29, 0.717) is 5.69 Å². The Morgan fingerprint density at radius 3 is 2.50 bits per heavy atom. The maximum atomic E-state index is 12.5. The first-order valence-electron chi connectivity index (χ1n) is 9.48. The van der Waals surface area contributed by atoms with Gasteiger partial charge in [0.05, 0.1) is 5.52 Å². The fourth-order valence-corrected chi connectivity index (χ4v) is 3.24. The van der Waals surface area contributed by atoms with Crippen molar-refractivity contribution in [2.75, 3.05) is 11.1 Å². The minimum absolute atomic E-state index is 0.196. The second-order valence-electron chi connectivity index (χ2n) is 7.06. The molecule has 4 aromatic rings. The maximum Gasteiger partial charge on any atom is 0.573 e. The van der Waals surface area contributed by atoms with Gasteiger partial charge in [-0.3, -0.25) is 4.79 Å². The number of aryl methyl sites for hydroxylation is 1. The fourth-order valence-electron chi connectivity index (χ4n) is 3.24. The van der Waals surface area contributed by atoms with Crippen molar-refractivity contribution in [1.82, 2.24) is 9.97 Å². The van der Waals surface area contributed by atoms with Crippen LogP contribution in [0.1, 0.15) is 15.9 Å². The highest BCUT2D eigenvalue weighted by Crippen LogP contribution is 2.29. The minimum Gasteiger partial charge on any atom is -0.406 e. The Morgan fingerprint density at radius 1 is 1.03 bits per heavy atom. The van der Waals surface area contributed by atoms with Crippen LogP contribution < -0.4 is 15.8 Å². The lowest BCUT2D eigenvalue weighted by molar-refractivity contribution is -0.274. The van der Waals surface area contributed by atoms with Crippen molar-refractivity contribution in [2.45, 2.75) is 13.3 Å². The third-order valence-corrected chi connectivity index (χ3v) is 4.75. The summed E-state index contributed by atoms with van der Waals surface area (Å²) in [6.07, 6.45) is -3.14. The van der Waals surface area contributed by atoms with Crippen molar-refractivity contribution in [2.24, 2.45) is 0 Å². The van der Waals surface area contributed by atoms with Crippen molar-refractivity contribution >= 4 is 28.4 Å². The first-order chi connectivity index (χ1) is 15.2. The van der Waals surface area contributed by atoms with Crippen LogP contribution in [0.3, 0.4) is 0 Å². The summed E-state index contributed by atoms with van der Waals surface area (Å²) in [5, 5.41) is 3.59. The molecule has 0 spiro atoms. The number of hydrogen-bond donors (Lipinski definition) is 2. The molecular formula is C23H17F3N4O2. The third-order valence-electron chi connectivity index (χ3n) is 4.75. The van der Waals surface area contributed by atoms with Crippen LogP contribution in [0.5, 0.6) is 5.75 Å². The van der Waals surface area contributed by atoms with E-state index in [1.54, 1.807) is 12.3 Å². The van der Waals surface area contributed by atoms with Crippen LogP contribution in [0.2, 0.25) is 0 Å². The second kappa shape index (κ2) is 8.18. The van der Waals surface area contributed by atoms with Crippen LogP contribution in [0.4, 0.5) is 24.8 Å². The molecule has 9 heteroatoms. The van der Waals surface area contributed by atoms with Gasteiger partial charge < -0.3 is 15.8 Å². The zero-order valence-corrected chi connectivity index (χ0v) is 16.8. The van der Waals surface area contributed by atoms with E-state index in [0.717, 1.165) is 39.7 Å². The molecule has 6 nitrogen and oxygen atoms in total. The third kappa shape index (κ3) is 4.77. The molecule has 0 unspecified atom stereocenters. The number of nitrogens with two attached hydrogens (primary N) is 1. The number of rotatable bonds is 4. The molecule has 0 saturated carbocycles. The van der Waals surface area contributed by atoms with Gasteiger partial charge in [0.1, 0.15) is 5.75 Å². The summed E-state index contributed by atoms with van der Waals surface area (Å²) in [5.74, 6) is -0.654. The average Bonchev–Trinajstić information content (AvgIpc) is 2.74. The van der Waals surface area contributed by atoms with E-state index in [4.69, 9.17) is 5.73 Å². The second-order valence-corrected chi connectivity index (χ2v) is 7.06. The summed E-state index contributed by atoms with van der Waals surface area (Å²) >= 11 is 0. The lowest BCUT2D eigenvalue weighted by Crippen LogP contribution is -2.17.